The molecule has 6 rings (SSSR count). The first-order chi connectivity index (χ1) is 20.5. The summed E-state index contributed by atoms with van der Waals surface area (Å²) < 4.78 is 64.2. The number of pyridine rings is 1. The molecule has 3 aromatic rings. The lowest BCUT2D eigenvalue weighted by atomic mass is 9.76. The third kappa shape index (κ3) is 6.26. The molecule has 226 valence electrons. The van der Waals surface area contributed by atoms with Crippen LogP contribution in [0.5, 0.6) is 0 Å². The zero-order valence-corrected chi connectivity index (χ0v) is 24.9. The first-order valence-electron chi connectivity index (χ1n) is 14.3. The number of nitrogens with zero attached hydrogens (tertiary/aromatic N) is 4. The van der Waals surface area contributed by atoms with Crippen LogP contribution < -0.4 is 10.2 Å². The molecule has 2 aliphatic carbocycles. The van der Waals surface area contributed by atoms with Gasteiger partial charge >= 0.3 is 6.18 Å². The van der Waals surface area contributed by atoms with Crippen molar-refractivity contribution in [3.8, 4) is 27.2 Å². The molecule has 0 bridgehead atoms. The van der Waals surface area contributed by atoms with E-state index < -0.39 is 33.2 Å². The van der Waals surface area contributed by atoms with Crippen LogP contribution in [0, 0.1) is 17.2 Å². The quantitative estimate of drug-likeness (QED) is 0.379. The highest BCUT2D eigenvalue weighted by atomic mass is 32.2. The zero-order valence-electron chi connectivity index (χ0n) is 23.2. The molecule has 1 aliphatic heterocycles. The summed E-state index contributed by atoms with van der Waals surface area (Å²) in [4.78, 5) is 25.0. The van der Waals surface area contributed by atoms with E-state index in [1.807, 2.05) is 29.2 Å². The van der Waals surface area contributed by atoms with Crippen LogP contribution in [0.4, 0.5) is 18.9 Å². The Hall–Kier alpha value is -3.50. The number of sulfone groups is 1. The zero-order chi connectivity index (χ0) is 30.4. The number of aromatic nitrogens is 2. The van der Waals surface area contributed by atoms with Gasteiger partial charge in [-0.2, -0.15) is 18.4 Å². The van der Waals surface area contributed by atoms with Crippen LogP contribution >= 0.6 is 11.3 Å². The molecule has 2 aromatic heterocycles. The Morgan fingerprint density at radius 3 is 2.40 bits per heavy atom. The van der Waals surface area contributed by atoms with E-state index in [1.54, 1.807) is 0 Å². The van der Waals surface area contributed by atoms with Gasteiger partial charge in [0, 0.05) is 30.6 Å². The number of rotatable bonds is 6. The number of benzene rings is 1. The van der Waals surface area contributed by atoms with Gasteiger partial charge in [0.2, 0.25) is 5.91 Å². The minimum atomic E-state index is -4.60. The summed E-state index contributed by atoms with van der Waals surface area (Å²) in [6.07, 6.45) is -0.315. The number of halogens is 3. The number of carbonyl (C=O) groups excluding carboxylic acids is 1. The van der Waals surface area contributed by atoms with Crippen LogP contribution in [-0.4, -0.2) is 54.4 Å². The molecule has 1 aromatic carbocycles. The van der Waals surface area contributed by atoms with Crippen molar-refractivity contribution in [2.75, 3.05) is 29.5 Å². The van der Waals surface area contributed by atoms with Gasteiger partial charge in [0.05, 0.1) is 33.8 Å². The minimum absolute atomic E-state index is 0.0965. The molecular formula is C30H30F3N5O3S2. The third-order valence-electron chi connectivity index (χ3n) is 8.53. The molecule has 3 fully saturated rings. The highest BCUT2D eigenvalue weighted by Gasteiger charge is 2.47. The summed E-state index contributed by atoms with van der Waals surface area (Å²) in [6, 6.07) is 13.6. The predicted octanol–water partition coefficient (Wildman–Crippen LogP) is 5.57. The largest absolute Gasteiger partial charge is 0.433 e. The number of hydrogen-bond donors (Lipinski definition) is 1. The molecule has 1 saturated heterocycles. The van der Waals surface area contributed by atoms with E-state index in [2.05, 4.69) is 16.4 Å². The number of anilines is 1. The van der Waals surface area contributed by atoms with Gasteiger partial charge in [-0.15, -0.1) is 11.3 Å². The van der Waals surface area contributed by atoms with Crippen molar-refractivity contribution in [3.63, 3.8) is 0 Å². The fraction of sp³-hybridized carbons (Fsp3) is 0.467. The van der Waals surface area contributed by atoms with Crippen molar-refractivity contribution in [3.05, 3.63) is 53.9 Å². The molecule has 2 atom stereocenters. The summed E-state index contributed by atoms with van der Waals surface area (Å²) in [7, 11) is -3.03. The summed E-state index contributed by atoms with van der Waals surface area (Å²) in [5.74, 6) is -0.686. The molecule has 3 aliphatic rings. The van der Waals surface area contributed by atoms with E-state index in [0.29, 0.717) is 49.5 Å². The molecule has 0 spiro atoms. The van der Waals surface area contributed by atoms with E-state index in [4.69, 9.17) is 4.98 Å². The number of carbonyl (C=O) groups is 1. The van der Waals surface area contributed by atoms with Crippen LogP contribution in [0.3, 0.4) is 0 Å². The van der Waals surface area contributed by atoms with E-state index in [-0.39, 0.29) is 29.0 Å². The molecule has 2 saturated carbocycles. The Bertz CT molecular complexity index is 1660. The lowest BCUT2D eigenvalue weighted by molar-refractivity contribution is -0.141. The van der Waals surface area contributed by atoms with Crippen molar-refractivity contribution in [2.24, 2.45) is 5.92 Å². The van der Waals surface area contributed by atoms with E-state index in [1.165, 1.54) is 23.5 Å². The van der Waals surface area contributed by atoms with Gasteiger partial charge in [0.25, 0.3) is 0 Å². The van der Waals surface area contributed by atoms with E-state index in [9.17, 15) is 31.6 Å². The Labute approximate surface area is 251 Å². The van der Waals surface area contributed by atoms with Gasteiger partial charge in [0.1, 0.15) is 16.2 Å². The lowest BCUT2D eigenvalue weighted by Crippen LogP contribution is -2.42. The van der Waals surface area contributed by atoms with Crippen LogP contribution in [0.1, 0.15) is 55.8 Å². The number of thiazole rings is 1. The second-order valence-corrected chi connectivity index (χ2v) is 14.8. The highest BCUT2D eigenvalue weighted by Crippen LogP contribution is 2.47. The van der Waals surface area contributed by atoms with Crippen molar-refractivity contribution in [1.29, 1.82) is 5.26 Å². The van der Waals surface area contributed by atoms with Crippen LogP contribution in [-0.2, 0) is 20.8 Å². The molecule has 1 amide bonds. The molecule has 1 N–H and O–H groups in total. The maximum atomic E-state index is 13.5. The van der Waals surface area contributed by atoms with Crippen LogP contribution in [0.25, 0.3) is 21.1 Å². The van der Waals surface area contributed by atoms with Crippen molar-refractivity contribution in [1.82, 2.24) is 15.3 Å². The van der Waals surface area contributed by atoms with Gasteiger partial charge in [0.15, 0.2) is 9.84 Å². The predicted molar refractivity (Wildman–Crippen MR) is 157 cm³/mol. The average molecular weight is 630 g/mol. The van der Waals surface area contributed by atoms with Gasteiger partial charge in [-0.3, -0.25) is 4.79 Å². The molecule has 8 nitrogen and oxygen atoms in total. The number of nitrogens with one attached hydrogen (secondary N) is 1. The fourth-order valence-corrected chi connectivity index (χ4v) is 8.21. The average Bonchev–Trinajstić information content (AvgIpc) is 3.63. The highest BCUT2D eigenvalue weighted by molar-refractivity contribution is 7.91. The Kier molecular flexibility index (Phi) is 7.71. The summed E-state index contributed by atoms with van der Waals surface area (Å²) in [6.45, 7) is 0.809. The first kappa shape index (κ1) is 29.6. The molecule has 13 heteroatoms. The molecule has 43 heavy (non-hydrogen) atoms. The maximum Gasteiger partial charge on any atom is 0.433 e. The monoisotopic (exact) mass is 629 g/mol. The van der Waals surface area contributed by atoms with Crippen molar-refractivity contribution in [2.45, 2.75) is 56.2 Å². The van der Waals surface area contributed by atoms with Gasteiger partial charge in [-0.1, -0.05) is 31.0 Å². The third-order valence-corrected chi connectivity index (χ3v) is 11.3. The van der Waals surface area contributed by atoms with Crippen LogP contribution in [0.2, 0.25) is 0 Å². The fourth-order valence-electron chi connectivity index (χ4n) is 5.90. The molecule has 3 heterocycles. The normalized spacial score (nSPS) is 22.9. The second kappa shape index (κ2) is 11.2. The maximum absolute atomic E-state index is 13.5. The topological polar surface area (TPSA) is 116 Å². The number of hydrogen-bond acceptors (Lipinski definition) is 8. The summed E-state index contributed by atoms with van der Waals surface area (Å²) >= 11 is 1.25. The van der Waals surface area contributed by atoms with Crippen LogP contribution in [0.15, 0.2) is 42.5 Å². The number of amides is 1. The lowest BCUT2D eigenvalue weighted by Gasteiger charge is -2.31. The number of alkyl halides is 3. The van der Waals surface area contributed by atoms with Gasteiger partial charge in [-0.25, -0.2) is 18.4 Å². The standard InChI is InChI=1S/C30H30F3N5O3S2/c31-30(32,33)24-7-3-6-23(35-24)28-36-25(21-4-1-2-5-22(21)27(39)37-29(18-34)12-13-29)26(42-28)19-8-10-20(11-9-19)38-14-16-43(40,41)17-15-38/h3,6-11,21-22H,1-2,4-5,12-17H2,(H,37,39). The second-order valence-electron chi connectivity index (χ2n) is 11.5. The SMILES string of the molecule is N#CC1(NC(=O)C2CCCCC2c2nc(-c3cccc(C(F)(F)F)n3)sc2-c2ccc(N3CCS(=O)(=O)CC3)cc2)CC1. The Morgan fingerprint density at radius 1 is 1.05 bits per heavy atom. The number of nitriles is 1. The Balaban J connectivity index is 1.37. The molecule has 2 unspecified atom stereocenters. The molecule has 0 radical (unpaired) electrons. The first-order valence-corrected chi connectivity index (χ1v) is 17.0. The van der Waals surface area contributed by atoms with E-state index >= 15 is 0 Å². The van der Waals surface area contributed by atoms with E-state index in [0.717, 1.165) is 35.0 Å². The minimum Gasteiger partial charge on any atom is -0.369 e. The summed E-state index contributed by atoms with van der Waals surface area (Å²) in [5, 5.41) is 12.8. The van der Waals surface area contributed by atoms with Gasteiger partial charge < -0.3 is 10.2 Å². The Morgan fingerprint density at radius 2 is 1.74 bits per heavy atom. The van der Waals surface area contributed by atoms with Gasteiger partial charge in [-0.05, 0) is 55.5 Å². The van der Waals surface area contributed by atoms with Crippen molar-refractivity contribution < 1.29 is 26.4 Å². The van der Waals surface area contributed by atoms with Crippen molar-refractivity contribution >= 4 is 32.8 Å². The molecular weight excluding hydrogens is 599 g/mol. The smallest absolute Gasteiger partial charge is 0.369 e. The summed E-state index contributed by atoms with van der Waals surface area (Å²) in [5.41, 5.74) is 0.637.